The van der Waals surface area contributed by atoms with Gasteiger partial charge in [0, 0.05) is 0 Å². The molecular weight excluding hydrogens is 588 g/mol. The molecule has 12 heteroatoms. The maximum Gasteiger partial charge on any atom is 4.00 e. The van der Waals surface area contributed by atoms with E-state index in [0.29, 0.717) is 12.8 Å². The molecule has 0 N–H and O–H groups in total. The summed E-state index contributed by atoms with van der Waals surface area (Å²) in [6.45, 7) is 4.49. The van der Waals surface area contributed by atoms with Crippen molar-refractivity contribution in [3.8, 4) is 0 Å². The van der Waals surface area contributed by atoms with E-state index in [9.17, 15) is 25.9 Å². The largest absolute Gasteiger partial charge is 4.00 e. The standard InChI is InChI=1S/2C12H26O4S.O.Zr/c2*1-2-3-4-5-6-7-8-9-10-11-12-16-17(13,14)15;;/h2*2-12H2,1H3,(H,13,14,15);;/q;;-2;+4/p-2. The van der Waals surface area contributed by atoms with Crippen molar-refractivity contribution in [2.24, 2.45) is 0 Å². The van der Waals surface area contributed by atoms with Gasteiger partial charge >= 0.3 is 26.2 Å². The second-order valence-corrected chi connectivity index (χ2v) is 10.9. The number of unbranched alkanes of at least 4 members (excludes halogenated alkanes) is 18. The van der Waals surface area contributed by atoms with Gasteiger partial charge in [-0.05, 0) is 12.8 Å². The van der Waals surface area contributed by atoms with Crippen LogP contribution in [0.25, 0.3) is 0 Å². The van der Waals surface area contributed by atoms with E-state index >= 15 is 0 Å². The van der Waals surface area contributed by atoms with E-state index in [1.807, 2.05) is 0 Å². The number of hydrogen-bond donors (Lipinski definition) is 0. The summed E-state index contributed by atoms with van der Waals surface area (Å²) in [5, 5.41) is 0. The van der Waals surface area contributed by atoms with E-state index in [0.717, 1.165) is 25.7 Å². The SMILES string of the molecule is CCCCCCCCCCCCOS(=O)(=O)[O-].CCCCCCCCCCCCOS(=O)(=O)[O-].[O-2].[Zr+4]. The van der Waals surface area contributed by atoms with E-state index in [1.165, 1.54) is 89.9 Å². The maximum atomic E-state index is 10.1. The van der Waals surface area contributed by atoms with Crippen LogP contribution in [0.1, 0.15) is 142 Å². The molecule has 0 aliphatic rings. The molecule has 0 spiro atoms. The molecule has 0 aromatic heterocycles. The zero-order chi connectivity index (χ0) is 26.0. The first-order chi connectivity index (χ1) is 16.1. The van der Waals surface area contributed by atoms with E-state index in [4.69, 9.17) is 0 Å². The second kappa shape index (κ2) is 31.8. The van der Waals surface area contributed by atoms with Crippen molar-refractivity contribution in [1.29, 1.82) is 0 Å². The molecule has 0 saturated carbocycles. The Labute approximate surface area is 241 Å². The van der Waals surface area contributed by atoms with Gasteiger partial charge in [-0.2, -0.15) is 0 Å². The minimum atomic E-state index is -4.48. The predicted octanol–water partition coefficient (Wildman–Crippen LogP) is 6.65. The molecule has 216 valence electrons. The summed E-state index contributed by atoms with van der Waals surface area (Å²) in [6, 6.07) is 0. The first-order valence-corrected chi connectivity index (χ1v) is 16.0. The van der Waals surface area contributed by atoms with Gasteiger partial charge in [-0.15, -0.1) is 0 Å². The summed E-state index contributed by atoms with van der Waals surface area (Å²) in [4.78, 5) is 0. The molecule has 0 bridgehead atoms. The summed E-state index contributed by atoms with van der Waals surface area (Å²) >= 11 is 0. The Bertz CT molecular complexity index is 561. The smallest absolute Gasteiger partial charge is 2.00 e. The van der Waals surface area contributed by atoms with E-state index < -0.39 is 20.8 Å². The molecule has 0 aliphatic heterocycles. The normalized spacial score (nSPS) is 11.2. The predicted molar refractivity (Wildman–Crippen MR) is 136 cm³/mol. The van der Waals surface area contributed by atoms with Crippen molar-refractivity contribution in [3.05, 3.63) is 0 Å². The van der Waals surface area contributed by atoms with Crippen LogP contribution in [0.15, 0.2) is 0 Å². The van der Waals surface area contributed by atoms with Crippen molar-refractivity contribution < 1.29 is 66.0 Å². The van der Waals surface area contributed by atoms with Crippen molar-refractivity contribution in [2.45, 2.75) is 142 Å². The Morgan fingerprint density at radius 3 is 0.833 bits per heavy atom. The zero-order valence-electron chi connectivity index (χ0n) is 22.5. The molecule has 0 amide bonds. The van der Waals surface area contributed by atoms with Gasteiger partial charge in [0.2, 0.25) is 20.8 Å². The van der Waals surface area contributed by atoms with Gasteiger partial charge in [0.25, 0.3) is 0 Å². The third-order valence-electron chi connectivity index (χ3n) is 5.45. The zero-order valence-corrected chi connectivity index (χ0v) is 26.6. The Hall–Kier alpha value is 0.583. The van der Waals surface area contributed by atoms with Gasteiger partial charge in [0.05, 0.1) is 13.2 Å². The molecule has 0 fully saturated rings. The van der Waals surface area contributed by atoms with Crippen LogP contribution in [0.5, 0.6) is 0 Å². The van der Waals surface area contributed by atoms with Crippen LogP contribution in [-0.4, -0.2) is 39.2 Å². The molecular formula is C24H50O9S2Zr. The van der Waals surface area contributed by atoms with Crippen LogP contribution >= 0.6 is 0 Å². The summed E-state index contributed by atoms with van der Waals surface area (Å²) in [5.74, 6) is 0. The Morgan fingerprint density at radius 2 is 0.639 bits per heavy atom. The molecule has 0 rings (SSSR count). The Kier molecular flexibility index (Phi) is 38.5. The van der Waals surface area contributed by atoms with Crippen molar-refractivity contribution >= 4 is 20.8 Å². The fourth-order valence-electron chi connectivity index (χ4n) is 3.50. The summed E-state index contributed by atoms with van der Waals surface area (Å²) in [6.07, 6.45) is 23.4. The average molecular weight is 638 g/mol. The molecule has 9 nitrogen and oxygen atoms in total. The van der Waals surface area contributed by atoms with Crippen molar-refractivity contribution in [3.63, 3.8) is 0 Å². The first kappa shape index (κ1) is 43.6. The van der Waals surface area contributed by atoms with Crippen molar-refractivity contribution in [2.75, 3.05) is 13.2 Å². The van der Waals surface area contributed by atoms with Crippen LogP contribution in [-0.2, 0) is 60.8 Å². The van der Waals surface area contributed by atoms with Gasteiger partial charge in [0.1, 0.15) is 0 Å². The molecule has 0 radical (unpaired) electrons. The topological polar surface area (TPSA) is 161 Å². The van der Waals surface area contributed by atoms with Gasteiger partial charge in [-0.1, -0.05) is 129 Å². The molecule has 36 heavy (non-hydrogen) atoms. The average Bonchev–Trinajstić information content (AvgIpc) is 2.75. The maximum absolute atomic E-state index is 10.1. The van der Waals surface area contributed by atoms with Crippen LogP contribution in [0.3, 0.4) is 0 Å². The van der Waals surface area contributed by atoms with Gasteiger partial charge in [0.15, 0.2) is 0 Å². The summed E-state index contributed by atoms with van der Waals surface area (Å²) in [5.41, 5.74) is 0. The minimum absolute atomic E-state index is 0. The van der Waals surface area contributed by atoms with E-state index in [2.05, 4.69) is 22.2 Å². The van der Waals surface area contributed by atoms with Gasteiger partial charge in [-0.3, -0.25) is 8.37 Å². The number of rotatable bonds is 24. The summed E-state index contributed by atoms with van der Waals surface area (Å²) in [7, 11) is -8.97. The molecule has 0 unspecified atom stereocenters. The van der Waals surface area contributed by atoms with E-state index in [1.54, 1.807) is 0 Å². The van der Waals surface area contributed by atoms with E-state index in [-0.39, 0.29) is 44.9 Å². The van der Waals surface area contributed by atoms with Crippen LogP contribution in [0, 0.1) is 0 Å². The monoisotopic (exact) mass is 636 g/mol. The fourth-order valence-corrected chi connectivity index (χ4v) is 4.14. The fraction of sp³-hybridized carbons (Fsp3) is 1.00. The van der Waals surface area contributed by atoms with Crippen LogP contribution < -0.4 is 0 Å². The van der Waals surface area contributed by atoms with Gasteiger partial charge < -0.3 is 14.6 Å². The van der Waals surface area contributed by atoms with Crippen molar-refractivity contribution in [1.82, 2.24) is 0 Å². The first-order valence-electron chi connectivity index (χ1n) is 13.3. The molecule has 0 aromatic rings. The number of hydrogen-bond acceptors (Lipinski definition) is 8. The molecule has 0 saturated heterocycles. The van der Waals surface area contributed by atoms with Crippen LogP contribution in [0.4, 0.5) is 0 Å². The Morgan fingerprint density at radius 1 is 0.444 bits per heavy atom. The minimum Gasteiger partial charge on any atom is -2.00 e. The van der Waals surface area contributed by atoms with Crippen LogP contribution in [0.2, 0.25) is 0 Å². The second-order valence-electron chi connectivity index (χ2n) is 8.82. The third-order valence-corrected chi connectivity index (χ3v) is 6.36. The Balaban J connectivity index is -0.000000269. The molecule has 0 heterocycles. The van der Waals surface area contributed by atoms with Gasteiger partial charge in [-0.25, -0.2) is 16.8 Å². The molecule has 0 atom stereocenters. The molecule has 0 aromatic carbocycles. The quantitative estimate of drug-likeness (QED) is 0.0645. The third kappa shape index (κ3) is 47.7. The molecule has 0 aliphatic carbocycles. The summed E-state index contributed by atoms with van der Waals surface area (Å²) < 4.78 is 68.9.